The second-order valence-electron chi connectivity index (χ2n) is 12.4. The van der Waals surface area contributed by atoms with Crippen molar-refractivity contribution in [3.05, 3.63) is 54.6 Å². The van der Waals surface area contributed by atoms with E-state index < -0.39 is 27.8 Å². The summed E-state index contributed by atoms with van der Waals surface area (Å²) < 4.78 is 40.5. The molecule has 0 aromatic heterocycles. The Morgan fingerprint density at radius 1 is 0.905 bits per heavy atom. The number of carbonyl (C=O) groups is 2. The van der Waals surface area contributed by atoms with Crippen molar-refractivity contribution >= 4 is 33.8 Å². The fraction of sp³-hybridized carbons (Fsp3) is 0.548. The van der Waals surface area contributed by atoms with Gasteiger partial charge in [0.1, 0.15) is 17.1 Å². The molecule has 0 radical (unpaired) electrons. The van der Waals surface area contributed by atoms with Gasteiger partial charge in [0, 0.05) is 36.1 Å². The van der Waals surface area contributed by atoms with Gasteiger partial charge in [-0.15, -0.1) is 11.8 Å². The quantitative estimate of drug-likeness (QED) is 0.282. The smallest absolute Gasteiger partial charge is 0.407 e. The fourth-order valence-electron chi connectivity index (χ4n) is 4.48. The largest absolute Gasteiger partial charge is 0.457 e. The summed E-state index contributed by atoms with van der Waals surface area (Å²) in [6.07, 6.45) is 2.16. The molecule has 0 aliphatic carbocycles. The molecule has 2 unspecified atom stereocenters. The number of hydrogen-bond acceptors (Lipinski definition) is 7. The SMILES string of the molecule is CC(C)(C)OC(=O)NCCCCCC(=O)N1CC(NS(=O)(=O)c2ccc(Oc3ccccc3)cc2)C(SC(C)(C)C)C1. The number of benzene rings is 2. The molecule has 1 aliphatic heterocycles. The first-order chi connectivity index (χ1) is 19.6. The van der Waals surface area contributed by atoms with Crippen molar-refractivity contribution in [3.8, 4) is 11.5 Å². The number of sulfonamides is 1. The molecule has 2 N–H and O–H groups in total. The third-order valence-electron chi connectivity index (χ3n) is 6.28. The first-order valence-electron chi connectivity index (χ1n) is 14.4. The number of para-hydroxylation sites is 1. The maximum Gasteiger partial charge on any atom is 0.407 e. The van der Waals surface area contributed by atoms with Crippen LogP contribution in [0.1, 0.15) is 67.2 Å². The molecule has 1 fully saturated rings. The molecule has 3 rings (SSSR count). The van der Waals surface area contributed by atoms with E-state index in [1.54, 1.807) is 28.8 Å². The zero-order valence-corrected chi connectivity index (χ0v) is 27.1. The number of amides is 2. The van der Waals surface area contributed by atoms with Crippen molar-refractivity contribution in [3.63, 3.8) is 0 Å². The van der Waals surface area contributed by atoms with Gasteiger partial charge in [0.15, 0.2) is 0 Å². The van der Waals surface area contributed by atoms with Crippen LogP contribution < -0.4 is 14.8 Å². The lowest BCUT2D eigenvalue weighted by Crippen LogP contribution is -2.43. The minimum atomic E-state index is -3.82. The van der Waals surface area contributed by atoms with Gasteiger partial charge in [-0.25, -0.2) is 17.9 Å². The molecule has 42 heavy (non-hydrogen) atoms. The number of rotatable bonds is 12. The summed E-state index contributed by atoms with van der Waals surface area (Å²) in [5, 5.41) is 2.65. The molecule has 11 heteroatoms. The molecule has 0 spiro atoms. The van der Waals surface area contributed by atoms with Crippen LogP contribution >= 0.6 is 11.8 Å². The van der Waals surface area contributed by atoms with Crippen LogP contribution in [-0.4, -0.2) is 66.6 Å². The molecule has 2 aromatic carbocycles. The lowest BCUT2D eigenvalue weighted by Gasteiger charge is -2.26. The van der Waals surface area contributed by atoms with Crippen molar-refractivity contribution in [1.29, 1.82) is 0 Å². The number of nitrogens with zero attached hydrogens (tertiary/aromatic N) is 1. The third kappa shape index (κ3) is 11.5. The second-order valence-corrected chi connectivity index (χ2v) is 16.2. The topological polar surface area (TPSA) is 114 Å². The van der Waals surface area contributed by atoms with E-state index in [1.807, 2.05) is 51.1 Å². The molecule has 9 nitrogen and oxygen atoms in total. The van der Waals surface area contributed by atoms with Crippen LogP contribution in [0.2, 0.25) is 0 Å². The molecule has 0 saturated carbocycles. The monoisotopic (exact) mass is 619 g/mol. The fourth-order valence-corrected chi connectivity index (χ4v) is 7.32. The summed E-state index contributed by atoms with van der Waals surface area (Å²) in [6, 6.07) is 15.2. The first kappa shape index (κ1) is 33.7. The standard InChI is InChI=1S/C31H45N3O6S2/c1-30(2,3)40-29(36)32-20-12-8-11-15-28(35)34-21-26(27(22-34)41-31(4,5)6)33-42(37,38)25-18-16-24(17-19-25)39-23-13-9-7-10-14-23/h7,9-10,13-14,16-19,26-27,33H,8,11-12,15,20-22H2,1-6H3,(H,32,36). The maximum atomic E-state index is 13.3. The van der Waals surface area contributed by atoms with Crippen molar-refractivity contribution in [2.75, 3.05) is 19.6 Å². The van der Waals surface area contributed by atoms with E-state index in [0.717, 1.165) is 12.8 Å². The summed E-state index contributed by atoms with van der Waals surface area (Å²) in [5.74, 6) is 1.22. The minimum absolute atomic E-state index is 0.0127. The van der Waals surface area contributed by atoms with Crippen LogP contribution in [-0.2, 0) is 19.6 Å². The highest BCUT2D eigenvalue weighted by Crippen LogP contribution is 2.34. The summed E-state index contributed by atoms with van der Waals surface area (Å²) in [7, 11) is -3.82. The molecule has 2 amide bonds. The number of unbranched alkanes of at least 4 members (excludes halogenated alkanes) is 2. The van der Waals surface area contributed by atoms with Crippen LogP contribution in [0.15, 0.2) is 59.5 Å². The van der Waals surface area contributed by atoms with Gasteiger partial charge in [0.2, 0.25) is 15.9 Å². The highest BCUT2D eigenvalue weighted by molar-refractivity contribution is 8.01. The zero-order valence-electron chi connectivity index (χ0n) is 25.5. The number of ether oxygens (including phenoxy) is 2. The van der Waals surface area contributed by atoms with E-state index in [4.69, 9.17) is 9.47 Å². The number of likely N-dealkylation sites (tertiary alicyclic amines) is 1. The van der Waals surface area contributed by atoms with E-state index in [-0.39, 0.29) is 20.8 Å². The van der Waals surface area contributed by atoms with Crippen molar-refractivity contribution < 1.29 is 27.5 Å². The van der Waals surface area contributed by atoms with Crippen molar-refractivity contribution in [1.82, 2.24) is 14.9 Å². The molecule has 1 aliphatic rings. The lowest BCUT2D eigenvalue weighted by molar-refractivity contribution is -0.130. The number of nitrogens with one attached hydrogen (secondary N) is 2. The normalized spacial score (nSPS) is 17.6. The van der Waals surface area contributed by atoms with Gasteiger partial charge in [0.25, 0.3) is 0 Å². The van der Waals surface area contributed by atoms with Crippen molar-refractivity contribution in [2.24, 2.45) is 0 Å². The summed E-state index contributed by atoms with van der Waals surface area (Å²) in [4.78, 5) is 26.7. The Bertz CT molecular complexity index is 1270. The molecule has 0 bridgehead atoms. The van der Waals surface area contributed by atoms with Gasteiger partial charge in [-0.1, -0.05) is 45.4 Å². The number of thioether (sulfide) groups is 1. The number of alkyl carbamates (subject to hydrolysis) is 1. The van der Waals surface area contributed by atoms with Gasteiger partial charge < -0.3 is 19.7 Å². The maximum absolute atomic E-state index is 13.3. The number of hydrogen-bond donors (Lipinski definition) is 2. The van der Waals surface area contributed by atoms with E-state index in [1.165, 1.54) is 12.1 Å². The second kappa shape index (κ2) is 14.6. The van der Waals surface area contributed by atoms with Crippen molar-refractivity contribution in [2.45, 2.75) is 93.8 Å². The summed E-state index contributed by atoms with van der Waals surface area (Å²) >= 11 is 1.68. The van der Waals surface area contributed by atoms with Gasteiger partial charge in [0.05, 0.1) is 10.9 Å². The van der Waals surface area contributed by atoms with E-state index >= 15 is 0 Å². The minimum Gasteiger partial charge on any atom is -0.457 e. The van der Waals surface area contributed by atoms with Gasteiger partial charge in [-0.05, 0) is 70.0 Å². The predicted octanol–water partition coefficient (Wildman–Crippen LogP) is 5.95. The Labute approximate surface area is 255 Å². The Morgan fingerprint density at radius 2 is 1.55 bits per heavy atom. The molecule has 2 aromatic rings. The highest BCUT2D eigenvalue weighted by atomic mass is 32.2. The lowest BCUT2D eigenvalue weighted by atomic mass is 10.2. The van der Waals surface area contributed by atoms with Crippen LogP contribution in [0.3, 0.4) is 0 Å². The predicted molar refractivity (Wildman–Crippen MR) is 167 cm³/mol. The van der Waals surface area contributed by atoms with E-state index in [0.29, 0.717) is 44.0 Å². The third-order valence-corrected chi connectivity index (χ3v) is 9.27. The highest BCUT2D eigenvalue weighted by Gasteiger charge is 2.39. The average molecular weight is 620 g/mol. The van der Waals surface area contributed by atoms with Crippen LogP contribution in [0, 0.1) is 0 Å². The molecular weight excluding hydrogens is 574 g/mol. The van der Waals surface area contributed by atoms with E-state index in [2.05, 4.69) is 30.8 Å². The first-order valence-corrected chi connectivity index (χ1v) is 16.8. The Balaban J connectivity index is 1.53. The molecule has 2 atom stereocenters. The molecule has 1 saturated heterocycles. The summed E-state index contributed by atoms with van der Waals surface area (Å²) in [5.41, 5.74) is -0.538. The molecule has 232 valence electrons. The van der Waals surface area contributed by atoms with Gasteiger partial charge in [-0.3, -0.25) is 4.79 Å². The van der Waals surface area contributed by atoms with Crippen LogP contribution in [0.25, 0.3) is 0 Å². The zero-order chi connectivity index (χ0) is 31.0. The van der Waals surface area contributed by atoms with Crippen LogP contribution in [0.4, 0.5) is 4.79 Å². The summed E-state index contributed by atoms with van der Waals surface area (Å²) in [6.45, 7) is 13.0. The molecule has 1 heterocycles. The Morgan fingerprint density at radius 3 is 2.17 bits per heavy atom. The van der Waals surface area contributed by atoms with Gasteiger partial charge >= 0.3 is 6.09 Å². The Kier molecular flexibility index (Phi) is 11.7. The molecular formula is C31H45N3O6S2. The Hall–Kier alpha value is -2.76. The number of carbonyl (C=O) groups excluding carboxylic acids is 2. The van der Waals surface area contributed by atoms with Gasteiger partial charge in [-0.2, -0.15) is 0 Å². The van der Waals surface area contributed by atoms with Crippen LogP contribution in [0.5, 0.6) is 11.5 Å². The average Bonchev–Trinajstić information content (AvgIpc) is 3.25. The van der Waals surface area contributed by atoms with E-state index in [9.17, 15) is 18.0 Å².